The second kappa shape index (κ2) is 6.36. The highest BCUT2D eigenvalue weighted by Gasteiger charge is 2.20. The lowest BCUT2D eigenvalue weighted by molar-refractivity contribution is -0.694. The fourth-order valence-electron chi connectivity index (χ4n) is 2.59. The minimum Gasteiger partial charge on any atom is -0.257 e. The summed E-state index contributed by atoms with van der Waals surface area (Å²) in [6.45, 7) is 5.12. The molecule has 0 fully saturated rings. The molecule has 3 rings (SSSR count). The summed E-state index contributed by atoms with van der Waals surface area (Å²) in [7, 11) is 0. The van der Waals surface area contributed by atoms with Crippen LogP contribution in [0.25, 0.3) is 5.69 Å². The Labute approximate surface area is 135 Å². The van der Waals surface area contributed by atoms with Crippen LogP contribution in [0, 0.1) is 13.8 Å². The molecule has 0 saturated heterocycles. The molecule has 0 aliphatic heterocycles. The Kier molecular flexibility index (Phi) is 4.29. The molecule has 3 aromatic rings. The van der Waals surface area contributed by atoms with Crippen molar-refractivity contribution in [1.82, 2.24) is 9.55 Å². The molecule has 0 N–H and O–H groups in total. The van der Waals surface area contributed by atoms with Gasteiger partial charge in [0.2, 0.25) is 6.33 Å². The number of aromatic nitrogens is 3. The summed E-state index contributed by atoms with van der Waals surface area (Å²) in [6, 6.07) is 14.6. The fraction of sp³-hybridized carbons (Fsp3) is 0.222. The van der Waals surface area contributed by atoms with E-state index in [0.29, 0.717) is 0 Å². The maximum atomic E-state index is 4.43. The first-order valence-electron chi connectivity index (χ1n) is 7.32. The fourth-order valence-corrected chi connectivity index (χ4v) is 3.18. The molecule has 22 heavy (non-hydrogen) atoms. The van der Waals surface area contributed by atoms with Gasteiger partial charge in [-0.15, -0.1) is 11.8 Å². The second-order valence-electron chi connectivity index (χ2n) is 5.28. The third-order valence-corrected chi connectivity index (χ3v) is 4.76. The van der Waals surface area contributed by atoms with Gasteiger partial charge in [-0.2, -0.15) is 4.57 Å². The Hall–Kier alpha value is -2.07. The normalized spacial score (nSPS) is 10.9. The predicted octanol–water partition coefficient (Wildman–Crippen LogP) is 3.55. The summed E-state index contributed by atoms with van der Waals surface area (Å²) in [6.07, 6.45) is 6.14. The molecule has 0 spiro atoms. The van der Waals surface area contributed by atoms with Gasteiger partial charge < -0.3 is 0 Å². The summed E-state index contributed by atoms with van der Waals surface area (Å²) >= 11 is 1.78. The first kappa shape index (κ1) is 14.9. The number of imidazole rings is 1. The van der Waals surface area contributed by atoms with Gasteiger partial charge in [0.25, 0.3) is 0 Å². The predicted molar refractivity (Wildman–Crippen MR) is 90.6 cm³/mol. The number of rotatable bonds is 4. The monoisotopic (exact) mass is 310 g/mol. The van der Waals surface area contributed by atoms with E-state index in [0.717, 1.165) is 12.2 Å². The molecule has 0 atom stereocenters. The summed E-state index contributed by atoms with van der Waals surface area (Å²) in [5.74, 6) is 0. The van der Waals surface area contributed by atoms with Crippen LogP contribution in [0.4, 0.5) is 0 Å². The van der Waals surface area contributed by atoms with E-state index < -0.39 is 0 Å². The van der Waals surface area contributed by atoms with Crippen molar-refractivity contribution in [3.05, 3.63) is 72.1 Å². The molecular formula is C18H20N3S+. The Morgan fingerprint density at radius 1 is 1.09 bits per heavy atom. The summed E-state index contributed by atoms with van der Waals surface area (Å²) in [5.41, 5.74) is 4.83. The smallest absolute Gasteiger partial charge is 0.249 e. The molecule has 0 aliphatic carbocycles. The van der Waals surface area contributed by atoms with Crippen molar-refractivity contribution in [2.75, 3.05) is 6.26 Å². The van der Waals surface area contributed by atoms with Crippen molar-refractivity contribution in [2.45, 2.75) is 25.3 Å². The van der Waals surface area contributed by atoms with E-state index in [9.17, 15) is 0 Å². The number of hydrogen-bond acceptors (Lipinski definition) is 2. The standard InChI is InChI=1S/C18H20N3S/c1-14-15(2)21(17-9-4-5-10-18(17)22-3)13-20(14)12-16-8-6-7-11-19-16/h4-11,13H,12H2,1-3H3/q+1. The molecule has 0 bridgehead atoms. The number of para-hydroxylation sites is 1. The Morgan fingerprint density at radius 2 is 1.86 bits per heavy atom. The van der Waals surface area contributed by atoms with Gasteiger partial charge in [0.05, 0.1) is 10.6 Å². The van der Waals surface area contributed by atoms with E-state index in [4.69, 9.17) is 0 Å². The lowest BCUT2D eigenvalue weighted by Gasteiger charge is -2.03. The van der Waals surface area contributed by atoms with Crippen molar-refractivity contribution < 1.29 is 4.57 Å². The van der Waals surface area contributed by atoms with Crippen LogP contribution in [0.1, 0.15) is 17.1 Å². The number of hydrogen-bond donors (Lipinski definition) is 0. The largest absolute Gasteiger partial charge is 0.257 e. The third kappa shape index (κ3) is 2.79. The number of benzene rings is 1. The van der Waals surface area contributed by atoms with Gasteiger partial charge >= 0.3 is 0 Å². The van der Waals surface area contributed by atoms with Crippen LogP contribution in [0.5, 0.6) is 0 Å². The topological polar surface area (TPSA) is 21.7 Å². The van der Waals surface area contributed by atoms with Crippen molar-refractivity contribution in [3.63, 3.8) is 0 Å². The zero-order valence-electron chi connectivity index (χ0n) is 13.2. The highest BCUT2D eigenvalue weighted by atomic mass is 32.2. The van der Waals surface area contributed by atoms with Crippen LogP contribution in [0.2, 0.25) is 0 Å². The van der Waals surface area contributed by atoms with Gasteiger partial charge in [0.15, 0.2) is 0 Å². The highest BCUT2D eigenvalue weighted by Crippen LogP contribution is 2.25. The van der Waals surface area contributed by atoms with E-state index in [2.05, 4.69) is 70.9 Å². The minimum atomic E-state index is 0.794. The molecule has 0 unspecified atom stereocenters. The lowest BCUT2D eigenvalue weighted by Crippen LogP contribution is -2.35. The lowest BCUT2D eigenvalue weighted by atomic mass is 10.3. The van der Waals surface area contributed by atoms with Crippen LogP contribution >= 0.6 is 11.8 Å². The van der Waals surface area contributed by atoms with E-state index in [1.54, 1.807) is 11.8 Å². The zero-order chi connectivity index (χ0) is 15.5. The van der Waals surface area contributed by atoms with Gasteiger partial charge in [-0.3, -0.25) is 4.98 Å². The van der Waals surface area contributed by atoms with Crippen LogP contribution < -0.4 is 4.57 Å². The van der Waals surface area contributed by atoms with Crippen LogP contribution in [-0.2, 0) is 6.54 Å². The average molecular weight is 310 g/mol. The van der Waals surface area contributed by atoms with Crippen molar-refractivity contribution >= 4 is 11.8 Å². The van der Waals surface area contributed by atoms with Crippen molar-refractivity contribution in [2.24, 2.45) is 0 Å². The Balaban J connectivity index is 2.02. The molecule has 1 aromatic carbocycles. The molecule has 4 heteroatoms. The molecule has 0 aliphatic rings. The van der Waals surface area contributed by atoms with E-state index in [1.807, 2.05) is 18.3 Å². The van der Waals surface area contributed by atoms with Crippen LogP contribution in [0.3, 0.4) is 0 Å². The number of thioether (sulfide) groups is 1. The molecule has 2 heterocycles. The van der Waals surface area contributed by atoms with Gasteiger partial charge in [-0.1, -0.05) is 18.2 Å². The average Bonchev–Trinajstić information content (AvgIpc) is 2.84. The molecule has 0 amide bonds. The van der Waals surface area contributed by atoms with E-state index in [-0.39, 0.29) is 0 Å². The Morgan fingerprint density at radius 3 is 2.59 bits per heavy atom. The zero-order valence-corrected chi connectivity index (χ0v) is 14.0. The van der Waals surface area contributed by atoms with Gasteiger partial charge in [0, 0.05) is 20.0 Å². The first-order chi connectivity index (χ1) is 10.7. The van der Waals surface area contributed by atoms with Crippen LogP contribution in [0.15, 0.2) is 59.9 Å². The Bertz CT molecular complexity index is 778. The first-order valence-corrected chi connectivity index (χ1v) is 8.54. The quantitative estimate of drug-likeness (QED) is 0.543. The number of nitrogens with zero attached hydrogens (tertiary/aromatic N) is 3. The molecule has 2 aromatic heterocycles. The van der Waals surface area contributed by atoms with Gasteiger partial charge in [-0.05, 0) is 30.5 Å². The molecular weight excluding hydrogens is 290 g/mol. The maximum absolute atomic E-state index is 4.43. The SMILES string of the molecule is CSc1ccccc1-n1c[n+](Cc2ccccn2)c(C)c1C. The van der Waals surface area contributed by atoms with E-state index >= 15 is 0 Å². The van der Waals surface area contributed by atoms with Gasteiger partial charge in [-0.25, -0.2) is 4.57 Å². The van der Waals surface area contributed by atoms with Gasteiger partial charge in [0.1, 0.15) is 23.6 Å². The third-order valence-electron chi connectivity index (χ3n) is 3.97. The second-order valence-corrected chi connectivity index (χ2v) is 6.13. The number of pyridine rings is 1. The summed E-state index contributed by atoms with van der Waals surface area (Å²) < 4.78 is 4.53. The van der Waals surface area contributed by atoms with Crippen molar-refractivity contribution in [3.8, 4) is 5.69 Å². The van der Waals surface area contributed by atoms with Crippen molar-refractivity contribution in [1.29, 1.82) is 0 Å². The maximum Gasteiger partial charge on any atom is 0.249 e. The molecule has 3 nitrogen and oxygen atoms in total. The molecule has 0 radical (unpaired) electrons. The minimum absolute atomic E-state index is 0.794. The van der Waals surface area contributed by atoms with E-state index in [1.165, 1.54) is 22.0 Å². The highest BCUT2D eigenvalue weighted by molar-refractivity contribution is 7.98. The molecule has 112 valence electrons. The van der Waals surface area contributed by atoms with Crippen LogP contribution in [-0.4, -0.2) is 15.8 Å². The summed E-state index contributed by atoms with van der Waals surface area (Å²) in [5, 5.41) is 0. The summed E-state index contributed by atoms with van der Waals surface area (Å²) in [4.78, 5) is 5.71. The molecule has 0 saturated carbocycles.